The zero-order valence-electron chi connectivity index (χ0n) is 11.9. The highest BCUT2D eigenvalue weighted by Gasteiger charge is 2.27. The fourth-order valence-corrected chi connectivity index (χ4v) is 2.75. The van der Waals surface area contributed by atoms with Crippen LogP contribution in [0.15, 0.2) is 24.4 Å². The number of carbonyl (C=O) groups is 1. The quantitative estimate of drug-likeness (QED) is 0.799. The van der Waals surface area contributed by atoms with Gasteiger partial charge in [-0.05, 0) is 31.0 Å². The van der Waals surface area contributed by atoms with Crippen LogP contribution in [0, 0.1) is 0 Å². The summed E-state index contributed by atoms with van der Waals surface area (Å²) < 4.78 is 0. The molecule has 1 saturated heterocycles. The number of aromatic nitrogens is 1. The predicted octanol–water partition coefficient (Wildman–Crippen LogP) is 2.17. The number of nitrogens with zero attached hydrogens (tertiary/aromatic N) is 1. The third-order valence-electron chi connectivity index (χ3n) is 3.94. The molecule has 106 valence electrons. The molecular weight excluding hydrogens is 252 g/mol. The van der Waals surface area contributed by atoms with E-state index in [9.17, 15) is 4.79 Å². The van der Waals surface area contributed by atoms with Crippen molar-refractivity contribution in [2.75, 3.05) is 25.5 Å². The first-order chi connectivity index (χ1) is 9.69. The number of aromatic amines is 1. The van der Waals surface area contributed by atoms with Crippen LogP contribution in [0.3, 0.4) is 0 Å². The van der Waals surface area contributed by atoms with Crippen molar-refractivity contribution in [2.24, 2.45) is 0 Å². The van der Waals surface area contributed by atoms with E-state index in [4.69, 9.17) is 0 Å². The van der Waals surface area contributed by atoms with Gasteiger partial charge in [-0.15, -0.1) is 0 Å². The first kappa shape index (κ1) is 12.8. The van der Waals surface area contributed by atoms with E-state index < -0.39 is 0 Å². The third kappa shape index (κ3) is 2.19. The second-order valence-corrected chi connectivity index (χ2v) is 5.27. The molecule has 1 unspecified atom stereocenters. The Morgan fingerprint density at radius 2 is 2.30 bits per heavy atom. The second kappa shape index (κ2) is 5.07. The Morgan fingerprint density at radius 3 is 3.00 bits per heavy atom. The van der Waals surface area contributed by atoms with Gasteiger partial charge in [-0.3, -0.25) is 0 Å². The lowest BCUT2D eigenvalue weighted by Gasteiger charge is -2.17. The number of benzene rings is 1. The molecule has 0 bridgehead atoms. The van der Waals surface area contributed by atoms with Crippen molar-refractivity contribution in [2.45, 2.75) is 19.4 Å². The summed E-state index contributed by atoms with van der Waals surface area (Å²) in [6.07, 6.45) is 2.88. The van der Waals surface area contributed by atoms with Gasteiger partial charge in [0.2, 0.25) is 0 Å². The molecule has 1 fully saturated rings. The minimum atomic E-state index is 0.0195. The van der Waals surface area contributed by atoms with E-state index in [0.29, 0.717) is 0 Å². The molecule has 1 atom stereocenters. The van der Waals surface area contributed by atoms with Crippen LogP contribution < -0.4 is 10.6 Å². The summed E-state index contributed by atoms with van der Waals surface area (Å²) in [6.45, 7) is 3.72. The number of hydrogen-bond acceptors (Lipinski definition) is 2. The summed E-state index contributed by atoms with van der Waals surface area (Å²) in [5.41, 5.74) is 3.53. The summed E-state index contributed by atoms with van der Waals surface area (Å²) in [4.78, 5) is 16.5. The smallest absolute Gasteiger partial charge is 0.317 e. The Bertz CT molecular complexity index is 634. The van der Waals surface area contributed by atoms with Crippen molar-refractivity contribution in [1.82, 2.24) is 15.2 Å². The average Bonchev–Trinajstić information content (AvgIpc) is 2.98. The SMILES string of the molecule is CCNc1c[nH]c2ccc(CC3CNC(=O)N3C)cc12. The van der Waals surface area contributed by atoms with Crippen LogP contribution in [0.1, 0.15) is 12.5 Å². The highest BCUT2D eigenvalue weighted by atomic mass is 16.2. The molecule has 5 heteroatoms. The Labute approximate surface area is 118 Å². The maximum Gasteiger partial charge on any atom is 0.317 e. The molecule has 1 aliphatic heterocycles. The first-order valence-corrected chi connectivity index (χ1v) is 7.03. The molecule has 3 N–H and O–H groups in total. The van der Waals surface area contributed by atoms with Crippen molar-refractivity contribution in [3.05, 3.63) is 30.0 Å². The normalized spacial score (nSPS) is 18.6. The van der Waals surface area contributed by atoms with Gasteiger partial charge >= 0.3 is 6.03 Å². The number of fused-ring (bicyclic) bond motifs is 1. The van der Waals surface area contributed by atoms with Gasteiger partial charge in [0.15, 0.2) is 0 Å². The van der Waals surface area contributed by atoms with Crippen LogP contribution in [0.4, 0.5) is 10.5 Å². The third-order valence-corrected chi connectivity index (χ3v) is 3.94. The van der Waals surface area contributed by atoms with Gasteiger partial charge in [0.25, 0.3) is 0 Å². The first-order valence-electron chi connectivity index (χ1n) is 7.03. The van der Waals surface area contributed by atoms with E-state index >= 15 is 0 Å². The number of H-pyrrole nitrogens is 1. The number of nitrogens with one attached hydrogen (secondary N) is 3. The van der Waals surface area contributed by atoms with Gasteiger partial charge < -0.3 is 20.5 Å². The van der Waals surface area contributed by atoms with Crippen LogP contribution in [0.25, 0.3) is 10.9 Å². The average molecular weight is 272 g/mol. The number of rotatable bonds is 4. The van der Waals surface area contributed by atoms with Crippen molar-refractivity contribution >= 4 is 22.6 Å². The Morgan fingerprint density at radius 1 is 1.45 bits per heavy atom. The molecule has 3 rings (SSSR count). The standard InChI is InChI=1S/C15H20N4O/c1-3-16-14-9-17-13-5-4-10(7-12(13)14)6-11-8-18-15(20)19(11)2/h4-5,7,9,11,16-17H,3,6,8H2,1-2H3,(H,18,20). The lowest BCUT2D eigenvalue weighted by molar-refractivity contribution is 0.216. The number of hydrogen-bond donors (Lipinski definition) is 3. The number of urea groups is 1. The minimum Gasteiger partial charge on any atom is -0.384 e. The maximum atomic E-state index is 11.5. The van der Waals surface area contributed by atoms with Crippen LogP contribution >= 0.6 is 0 Å². The molecule has 20 heavy (non-hydrogen) atoms. The molecular formula is C15H20N4O. The maximum absolute atomic E-state index is 11.5. The number of amides is 2. The van der Waals surface area contributed by atoms with Gasteiger partial charge in [-0.2, -0.15) is 0 Å². The van der Waals surface area contributed by atoms with E-state index in [0.717, 1.165) is 30.7 Å². The fraction of sp³-hybridized carbons (Fsp3) is 0.400. The molecule has 0 spiro atoms. The van der Waals surface area contributed by atoms with Crippen LogP contribution in [-0.4, -0.2) is 42.1 Å². The number of anilines is 1. The Balaban J connectivity index is 1.85. The predicted molar refractivity (Wildman–Crippen MR) is 81.1 cm³/mol. The van der Waals surface area contributed by atoms with Gasteiger partial charge in [-0.1, -0.05) is 6.07 Å². The van der Waals surface area contributed by atoms with E-state index in [1.165, 1.54) is 10.9 Å². The highest BCUT2D eigenvalue weighted by molar-refractivity contribution is 5.92. The molecule has 2 amide bonds. The fourth-order valence-electron chi connectivity index (χ4n) is 2.75. The molecule has 0 saturated carbocycles. The summed E-state index contributed by atoms with van der Waals surface area (Å²) in [6, 6.07) is 6.70. The zero-order valence-corrected chi connectivity index (χ0v) is 11.9. The van der Waals surface area contributed by atoms with E-state index in [1.807, 2.05) is 13.2 Å². The summed E-state index contributed by atoms with van der Waals surface area (Å²) in [5, 5.41) is 7.44. The van der Waals surface area contributed by atoms with Crippen LogP contribution in [0.5, 0.6) is 0 Å². The second-order valence-electron chi connectivity index (χ2n) is 5.27. The zero-order chi connectivity index (χ0) is 14.1. The molecule has 5 nitrogen and oxygen atoms in total. The molecule has 1 aromatic carbocycles. The van der Waals surface area contributed by atoms with Gasteiger partial charge in [0.1, 0.15) is 0 Å². The van der Waals surface area contributed by atoms with Crippen molar-refractivity contribution in [3.63, 3.8) is 0 Å². The largest absolute Gasteiger partial charge is 0.384 e. The summed E-state index contributed by atoms with van der Waals surface area (Å²) in [7, 11) is 1.85. The van der Waals surface area contributed by atoms with Crippen molar-refractivity contribution in [3.8, 4) is 0 Å². The van der Waals surface area contributed by atoms with Crippen LogP contribution in [-0.2, 0) is 6.42 Å². The topological polar surface area (TPSA) is 60.2 Å². The van der Waals surface area contributed by atoms with Crippen molar-refractivity contribution < 1.29 is 4.79 Å². The van der Waals surface area contributed by atoms with Gasteiger partial charge in [0, 0.05) is 37.2 Å². The molecule has 0 radical (unpaired) electrons. The molecule has 0 aliphatic carbocycles. The van der Waals surface area contributed by atoms with Gasteiger partial charge in [-0.25, -0.2) is 4.79 Å². The van der Waals surface area contributed by atoms with Gasteiger partial charge in [0.05, 0.1) is 11.7 Å². The highest BCUT2D eigenvalue weighted by Crippen LogP contribution is 2.25. The van der Waals surface area contributed by atoms with Crippen LogP contribution in [0.2, 0.25) is 0 Å². The lowest BCUT2D eigenvalue weighted by Crippen LogP contribution is -2.31. The Kier molecular flexibility index (Phi) is 3.26. The van der Waals surface area contributed by atoms with E-state index in [2.05, 4.69) is 40.7 Å². The minimum absolute atomic E-state index is 0.0195. The molecule has 1 aromatic heterocycles. The molecule has 2 aromatic rings. The lowest BCUT2D eigenvalue weighted by atomic mass is 10.0. The summed E-state index contributed by atoms with van der Waals surface area (Å²) >= 11 is 0. The van der Waals surface area contributed by atoms with E-state index in [-0.39, 0.29) is 12.1 Å². The molecule has 2 heterocycles. The summed E-state index contributed by atoms with van der Waals surface area (Å²) in [5.74, 6) is 0. The Hall–Kier alpha value is -2.17. The van der Waals surface area contributed by atoms with E-state index in [1.54, 1.807) is 4.90 Å². The number of likely N-dealkylation sites (N-methyl/N-ethyl adjacent to an activating group) is 1. The number of carbonyl (C=O) groups excluding carboxylic acids is 1. The molecule has 1 aliphatic rings. The monoisotopic (exact) mass is 272 g/mol. The van der Waals surface area contributed by atoms with Crippen molar-refractivity contribution in [1.29, 1.82) is 0 Å².